The van der Waals surface area contributed by atoms with Gasteiger partial charge in [0.25, 0.3) is 5.91 Å². The number of benzene rings is 2. The molecule has 0 atom stereocenters. The zero-order valence-electron chi connectivity index (χ0n) is 15.1. The number of amides is 1. The summed E-state index contributed by atoms with van der Waals surface area (Å²) >= 11 is 6.18. The van der Waals surface area contributed by atoms with Crippen LogP contribution in [0, 0.1) is 6.92 Å². The van der Waals surface area contributed by atoms with Gasteiger partial charge in [0.15, 0.2) is 11.3 Å². The van der Waals surface area contributed by atoms with E-state index in [2.05, 4.69) is 0 Å². The Hall–Kier alpha value is -2.66. The Morgan fingerprint density at radius 2 is 1.96 bits per heavy atom. The van der Waals surface area contributed by atoms with Crippen LogP contribution in [0.3, 0.4) is 0 Å². The number of carbonyl (C=O) groups excluding carboxylic acids is 1. The topological polar surface area (TPSA) is 51.9 Å². The van der Waals surface area contributed by atoms with E-state index in [1.165, 1.54) is 0 Å². The predicted molar refractivity (Wildman–Crippen MR) is 101 cm³/mol. The van der Waals surface area contributed by atoms with Crippen LogP contribution < -0.4 is 9.47 Å². The fourth-order valence-corrected chi connectivity index (χ4v) is 3.11. The van der Waals surface area contributed by atoms with E-state index in [0.717, 1.165) is 16.5 Å². The maximum Gasteiger partial charge on any atom is 0.289 e. The molecule has 6 heteroatoms. The van der Waals surface area contributed by atoms with Gasteiger partial charge in [0.1, 0.15) is 11.5 Å². The van der Waals surface area contributed by atoms with Gasteiger partial charge in [0.2, 0.25) is 0 Å². The van der Waals surface area contributed by atoms with Crippen LogP contribution in [-0.4, -0.2) is 32.1 Å². The minimum Gasteiger partial charge on any atom is -0.497 e. The highest BCUT2D eigenvalue weighted by Gasteiger charge is 2.23. The minimum absolute atomic E-state index is 0.215. The van der Waals surface area contributed by atoms with Crippen molar-refractivity contribution in [1.29, 1.82) is 0 Å². The zero-order valence-corrected chi connectivity index (χ0v) is 15.9. The number of carbonyl (C=O) groups is 1. The number of ether oxygens (including phenoxy) is 2. The normalized spacial score (nSPS) is 10.8. The second kappa shape index (κ2) is 7.30. The average Bonchev–Trinajstić information content (AvgIpc) is 2.99. The number of halogens is 1. The highest BCUT2D eigenvalue weighted by Crippen LogP contribution is 2.32. The molecule has 0 fully saturated rings. The molecule has 0 aliphatic rings. The molecule has 0 aliphatic carbocycles. The number of furan rings is 1. The lowest BCUT2D eigenvalue weighted by atomic mass is 10.1. The Bertz CT molecular complexity index is 964. The van der Waals surface area contributed by atoms with Crippen molar-refractivity contribution in [2.45, 2.75) is 13.5 Å². The number of fused-ring (bicyclic) bond motifs is 1. The van der Waals surface area contributed by atoms with Gasteiger partial charge in [0.05, 0.1) is 19.2 Å². The van der Waals surface area contributed by atoms with E-state index in [1.807, 2.05) is 31.2 Å². The lowest BCUT2D eigenvalue weighted by molar-refractivity contribution is 0.0754. The SMILES string of the molecule is COc1ccc(CN(C)C(=O)c2oc3c(Cl)cccc3c2C)c(OC)c1. The number of aryl methyl sites for hydroxylation is 1. The third-order valence-electron chi connectivity index (χ3n) is 4.36. The van der Waals surface area contributed by atoms with Gasteiger partial charge in [-0.2, -0.15) is 0 Å². The second-order valence-electron chi connectivity index (χ2n) is 6.01. The molecule has 0 bridgehead atoms. The van der Waals surface area contributed by atoms with Gasteiger partial charge in [-0.25, -0.2) is 0 Å². The van der Waals surface area contributed by atoms with E-state index in [0.29, 0.717) is 34.4 Å². The number of rotatable bonds is 5. The van der Waals surface area contributed by atoms with Gasteiger partial charge in [-0.1, -0.05) is 23.7 Å². The van der Waals surface area contributed by atoms with Crippen LogP contribution in [-0.2, 0) is 6.54 Å². The molecule has 2 aromatic carbocycles. The summed E-state index contributed by atoms with van der Waals surface area (Å²) in [4.78, 5) is 14.5. The lowest BCUT2D eigenvalue weighted by Gasteiger charge is -2.18. The number of para-hydroxylation sites is 1. The molecule has 1 heterocycles. The van der Waals surface area contributed by atoms with E-state index in [1.54, 1.807) is 38.3 Å². The molecule has 3 rings (SSSR count). The first-order chi connectivity index (χ1) is 12.5. The molecule has 1 aromatic heterocycles. The Kier molecular flexibility index (Phi) is 5.09. The summed E-state index contributed by atoms with van der Waals surface area (Å²) in [7, 11) is 4.91. The summed E-state index contributed by atoms with van der Waals surface area (Å²) in [6, 6.07) is 11.0. The summed E-state index contributed by atoms with van der Waals surface area (Å²) in [5.74, 6) is 1.44. The van der Waals surface area contributed by atoms with Gasteiger partial charge in [-0.05, 0) is 25.1 Å². The zero-order chi connectivity index (χ0) is 18.8. The molecule has 0 saturated carbocycles. The van der Waals surface area contributed by atoms with Gasteiger partial charge < -0.3 is 18.8 Å². The molecule has 26 heavy (non-hydrogen) atoms. The van der Waals surface area contributed by atoms with Crippen molar-refractivity contribution >= 4 is 28.5 Å². The van der Waals surface area contributed by atoms with Crippen molar-refractivity contribution < 1.29 is 18.7 Å². The number of hydrogen-bond donors (Lipinski definition) is 0. The highest BCUT2D eigenvalue weighted by molar-refractivity contribution is 6.35. The lowest BCUT2D eigenvalue weighted by Crippen LogP contribution is -2.26. The van der Waals surface area contributed by atoms with Crippen molar-refractivity contribution in [2.75, 3.05) is 21.3 Å². The molecule has 136 valence electrons. The number of hydrogen-bond acceptors (Lipinski definition) is 4. The molecule has 0 N–H and O–H groups in total. The third kappa shape index (κ3) is 3.22. The fraction of sp³-hybridized carbons (Fsp3) is 0.250. The Labute approximate surface area is 157 Å². The Balaban J connectivity index is 1.89. The molecule has 0 radical (unpaired) electrons. The third-order valence-corrected chi connectivity index (χ3v) is 4.66. The quantitative estimate of drug-likeness (QED) is 0.651. The van der Waals surface area contributed by atoms with Crippen molar-refractivity contribution in [2.24, 2.45) is 0 Å². The van der Waals surface area contributed by atoms with Crippen LogP contribution in [0.1, 0.15) is 21.7 Å². The van der Waals surface area contributed by atoms with E-state index >= 15 is 0 Å². The van der Waals surface area contributed by atoms with Crippen LogP contribution >= 0.6 is 11.6 Å². The van der Waals surface area contributed by atoms with E-state index in [9.17, 15) is 4.79 Å². The monoisotopic (exact) mass is 373 g/mol. The fourth-order valence-electron chi connectivity index (χ4n) is 2.90. The van der Waals surface area contributed by atoms with Crippen LogP contribution in [0.4, 0.5) is 0 Å². The first kappa shape index (κ1) is 18.1. The van der Waals surface area contributed by atoms with E-state index in [-0.39, 0.29) is 5.91 Å². The molecule has 0 unspecified atom stereocenters. The van der Waals surface area contributed by atoms with E-state index in [4.69, 9.17) is 25.5 Å². The molecule has 0 spiro atoms. The molecular weight excluding hydrogens is 354 g/mol. The van der Waals surface area contributed by atoms with Crippen LogP contribution in [0.15, 0.2) is 40.8 Å². The summed E-state index contributed by atoms with van der Waals surface area (Å²) in [5, 5.41) is 1.33. The largest absolute Gasteiger partial charge is 0.497 e. The molecule has 0 aliphatic heterocycles. The first-order valence-electron chi connectivity index (χ1n) is 8.10. The van der Waals surface area contributed by atoms with Crippen molar-refractivity contribution in [1.82, 2.24) is 4.90 Å². The van der Waals surface area contributed by atoms with Crippen molar-refractivity contribution in [3.05, 3.63) is 58.3 Å². The summed E-state index contributed by atoms with van der Waals surface area (Å²) in [5.41, 5.74) is 2.18. The van der Waals surface area contributed by atoms with Crippen molar-refractivity contribution in [3.63, 3.8) is 0 Å². The van der Waals surface area contributed by atoms with Crippen LogP contribution in [0.2, 0.25) is 5.02 Å². The first-order valence-corrected chi connectivity index (χ1v) is 8.48. The minimum atomic E-state index is -0.215. The highest BCUT2D eigenvalue weighted by atomic mass is 35.5. The van der Waals surface area contributed by atoms with Gasteiger partial charge in [-0.3, -0.25) is 4.79 Å². The summed E-state index contributed by atoms with van der Waals surface area (Å²) < 4.78 is 16.4. The molecule has 1 amide bonds. The number of nitrogens with zero attached hydrogens (tertiary/aromatic N) is 1. The Morgan fingerprint density at radius 1 is 1.19 bits per heavy atom. The second-order valence-corrected chi connectivity index (χ2v) is 6.42. The van der Waals surface area contributed by atoms with Crippen LogP contribution in [0.5, 0.6) is 11.5 Å². The van der Waals surface area contributed by atoms with Gasteiger partial charge in [0, 0.05) is 36.2 Å². The van der Waals surface area contributed by atoms with Crippen molar-refractivity contribution in [3.8, 4) is 11.5 Å². The Morgan fingerprint density at radius 3 is 2.62 bits per heavy atom. The molecular formula is C20H20ClNO4. The molecule has 0 saturated heterocycles. The standard InChI is InChI=1S/C20H20ClNO4/c1-12-15-6-5-7-16(21)19(15)26-18(12)20(23)22(2)11-13-8-9-14(24-3)10-17(13)25-4/h5-10H,11H2,1-4H3. The summed E-state index contributed by atoms with van der Waals surface area (Å²) in [6.45, 7) is 2.23. The predicted octanol–water partition coefficient (Wildman–Crippen LogP) is 4.68. The summed E-state index contributed by atoms with van der Waals surface area (Å²) in [6.07, 6.45) is 0. The number of methoxy groups -OCH3 is 2. The van der Waals surface area contributed by atoms with Gasteiger partial charge in [-0.15, -0.1) is 0 Å². The average molecular weight is 374 g/mol. The molecule has 3 aromatic rings. The van der Waals surface area contributed by atoms with Crippen LogP contribution in [0.25, 0.3) is 11.0 Å². The van der Waals surface area contributed by atoms with Gasteiger partial charge >= 0.3 is 0 Å². The maximum absolute atomic E-state index is 12.9. The maximum atomic E-state index is 12.9. The smallest absolute Gasteiger partial charge is 0.289 e. The molecule has 5 nitrogen and oxygen atoms in total. The van der Waals surface area contributed by atoms with E-state index < -0.39 is 0 Å².